The van der Waals surface area contributed by atoms with Crippen molar-refractivity contribution in [2.24, 2.45) is 0 Å². The Kier molecular flexibility index (Phi) is 7.85. The summed E-state index contributed by atoms with van der Waals surface area (Å²) in [5, 5.41) is 1.84. The summed E-state index contributed by atoms with van der Waals surface area (Å²) >= 11 is 6.13. The van der Waals surface area contributed by atoms with Gasteiger partial charge in [-0.15, -0.1) is 0 Å². The highest BCUT2D eigenvalue weighted by atomic mass is 35.5. The van der Waals surface area contributed by atoms with Crippen molar-refractivity contribution in [3.05, 3.63) is 124 Å². The lowest BCUT2D eigenvalue weighted by Gasteiger charge is -2.23. The number of hydrogen-bond acceptors (Lipinski definition) is 1. The lowest BCUT2D eigenvalue weighted by Crippen LogP contribution is -2.14. The quantitative estimate of drug-likeness (QED) is 0.337. The fourth-order valence-electron chi connectivity index (χ4n) is 4.56. The first-order valence-electron chi connectivity index (χ1n) is 12.2. The molecule has 1 heterocycles. The third-order valence-corrected chi connectivity index (χ3v) is 6.53. The molecule has 2 aromatic carbocycles. The highest BCUT2D eigenvalue weighted by Crippen LogP contribution is 2.28. The minimum absolute atomic E-state index is 0.188. The molecule has 3 aromatic rings. The number of rotatable bonds is 7. The molecule has 0 fully saturated rings. The predicted molar refractivity (Wildman–Crippen MR) is 148 cm³/mol. The molecule has 1 aromatic heterocycles. The van der Waals surface area contributed by atoms with Crippen molar-refractivity contribution in [1.29, 1.82) is 0 Å². The molecule has 0 atom stereocenters. The highest BCUT2D eigenvalue weighted by Gasteiger charge is 2.16. The monoisotopic (exact) mass is 467 g/mol. The maximum atomic E-state index is 6.13. The molecule has 2 heteroatoms. The van der Waals surface area contributed by atoms with Crippen LogP contribution in [0.15, 0.2) is 102 Å². The van der Waals surface area contributed by atoms with Crippen molar-refractivity contribution in [1.82, 2.24) is 4.98 Å². The molecule has 0 radical (unpaired) electrons. The second-order valence-electron chi connectivity index (χ2n) is 10.1. The number of nitrogens with zero attached hydrogens (tertiary/aromatic N) is 1. The Morgan fingerprint density at radius 3 is 2.68 bits per heavy atom. The van der Waals surface area contributed by atoms with E-state index in [-0.39, 0.29) is 5.41 Å². The molecule has 0 amide bonds. The van der Waals surface area contributed by atoms with Crippen LogP contribution in [0.5, 0.6) is 0 Å². The zero-order chi connectivity index (χ0) is 24.0. The molecule has 0 saturated heterocycles. The lowest BCUT2D eigenvalue weighted by atomic mass is 9.82. The van der Waals surface area contributed by atoms with Crippen molar-refractivity contribution >= 4 is 22.5 Å². The molecule has 1 nitrogen and oxygen atoms in total. The Morgan fingerprint density at radius 1 is 1.00 bits per heavy atom. The maximum absolute atomic E-state index is 6.13. The third kappa shape index (κ3) is 6.58. The lowest BCUT2D eigenvalue weighted by molar-refractivity contribution is 0.580. The van der Waals surface area contributed by atoms with E-state index in [0.29, 0.717) is 0 Å². The first-order valence-corrected chi connectivity index (χ1v) is 12.6. The topological polar surface area (TPSA) is 12.9 Å². The number of aryl methyl sites for hydroxylation is 1. The van der Waals surface area contributed by atoms with Gasteiger partial charge in [-0.1, -0.05) is 111 Å². The standard InChI is InChI=1S/C32H34ClN/c1-32(2,3)30-17-7-6-14-26(30)15-8-12-24-10-4-5-11-25(22-24)13-9-16-29-21-19-27-18-20-28(33)23-31(27)34-29/h4-7,9,11,13-14,17-23H,8,10,12,15-16H2,1-3H3/b13-9+. The largest absolute Gasteiger partial charge is 0.252 e. The van der Waals surface area contributed by atoms with Crippen molar-refractivity contribution in [2.45, 2.75) is 58.3 Å². The average Bonchev–Trinajstić information content (AvgIpc) is 3.03. The molecular formula is C32H34ClN. The second kappa shape index (κ2) is 11.0. The molecule has 34 heavy (non-hydrogen) atoms. The van der Waals surface area contributed by atoms with Crippen LogP contribution in [0.4, 0.5) is 0 Å². The van der Waals surface area contributed by atoms with Crippen LogP contribution in [-0.4, -0.2) is 4.98 Å². The van der Waals surface area contributed by atoms with Gasteiger partial charge in [0.1, 0.15) is 0 Å². The minimum atomic E-state index is 0.188. The fourth-order valence-corrected chi connectivity index (χ4v) is 4.72. The van der Waals surface area contributed by atoms with E-state index in [1.54, 1.807) is 0 Å². The molecule has 0 bridgehead atoms. The summed E-state index contributed by atoms with van der Waals surface area (Å²) in [7, 11) is 0. The van der Waals surface area contributed by atoms with E-state index in [0.717, 1.165) is 47.3 Å². The number of allylic oxidation sites excluding steroid dienone is 8. The molecule has 4 rings (SSSR count). The summed E-state index contributed by atoms with van der Waals surface area (Å²) in [5.74, 6) is 0. The van der Waals surface area contributed by atoms with E-state index in [1.807, 2.05) is 18.2 Å². The van der Waals surface area contributed by atoms with Gasteiger partial charge in [0, 0.05) is 22.5 Å². The van der Waals surface area contributed by atoms with Gasteiger partial charge in [-0.25, -0.2) is 0 Å². The molecule has 0 aliphatic heterocycles. The number of aromatic nitrogens is 1. The highest BCUT2D eigenvalue weighted by molar-refractivity contribution is 6.31. The van der Waals surface area contributed by atoms with E-state index in [4.69, 9.17) is 16.6 Å². The summed E-state index contributed by atoms with van der Waals surface area (Å²) in [6, 6.07) is 19.0. The Hall–Kier alpha value is -2.90. The van der Waals surface area contributed by atoms with Crippen molar-refractivity contribution in [3.63, 3.8) is 0 Å². The van der Waals surface area contributed by atoms with Crippen molar-refractivity contribution in [2.75, 3.05) is 0 Å². The van der Waals surface area contributed by atoms with Crippen LogP contribution in [-0.2, 0) is 18.3 Å². The molecule has 0 unspecified atom stereocenters. The third-order valence-electron chi connectivity index (χ3n) is 6.29. The molecule has 0 spiro atoms. The normalized spacial score (nSPS) is 14.4. The van der Waals surface area contributed by atoms with Gasteiger partial charge in [0.05, 0.1) is 5.52 Å². The minimum Gasteiger partial charge on any atom is -0.252 e. The molecule has 174 valence electrons. The van der Waals surface area contributed by atoms with Gasteiger partial charge in [0.15, 0.2) is 0 Å². The van der Waals surface area contributed by atoms with Gasteiger partial charge >= 0.3 is 0 Å². The SMILES string of the molecule is CC(C)(C)c1ccccc1CCCC1=CC(/C=C/Cc2ccc3ccc(Cl)cc3n2)=CC=CC1. The van der Waals surface area contributed by atoms with Crippen LogP contribution in [0, 0.1) is 0 Å². The number of fused-ring (bicyclic) bond motifs is 1. The number of hydrogen-bond donors (Lipinski definition) is 0. The maximum Gasteiger partial charge on any atom is 0.0720 e. The van der Waals surface area contributed by atoms with Crippen LogP contribution in [0.3, 0.4) is 0 Å². The Bertz CT molecular complexity index is 1270. The van der Waals surface area contributed by atoms with Gasteiger partial charge in [-0.2, -0.15) is 0 Å². The van der Waals surface area contributed by atoms with Crippen LogP contribution >= 0.6 is 11.6 Å². The van der Waals surface area contributed by atoms with Crippen LogP contribution in [0.2, 0.25) is 5.02 Å². The Morgan fingerprint density at radius 2 is 1.82 bits per heavy atom. The summed E-state index contributed by atoms with van der Waals surface area (Å²) in [4.78, 5) is 4.76. The van der Waals surface area contributed by atoms with Crippen LogP contribution in [0.25, 0.3) is 10.9 Å². The van der Waals surface area contributed by atoms with Crippen LogP contribution < -0.4 is 0 Å². The summed E-state index contributed by atoms with van der Waals surface area (Å²) in [6.07, 6.45) is 18.7. The fraction of sp³-hybridized carbons (Fsp3) is 0.281. The average molecular weight is 468 g/mol. The zero-order valence-electron chi connectivity index (χ0n) is 20.5. The Labute approximate surface area is 209 Å². The molecule has 1 aliphatic carbocycles. The van der Waals surface area contributed by atoms with E-state index < -0.39 is 0 Å². The van der Waals surface area contributed by atoms with E-state index in [9.17, 15) is 0 Å². The summed E-state index contributed by atoms with van der Waals surface area (Å²) < 4.78 is 0. The zero-order valence-corrected chi connectivity index (χ0v) is 21.3. The second-order valence-corrected chi connectivity index (χ2v) is 10.5. The smallest absolute Gasteiger partial charge is 0.0720 e. The van der Waals surface area contributed by atoms with Gasteiger partial charge in [0.25, 0.3) is 0 Å². The summed E-state index contributed by atoms with van der Waals surface area (Å²) in [5.41, 5.74) is 7.90. The molecule has 1 aliphatic rings. The van der Waals surface area contributed by atoms with Crippen molar-refractivity contribution in [3.8, 4) is 0 Å². The summed E-state index contributed by atoms with van der Waals surface area (Å²) in [6.45, 7) is 6.91. The van der Waals surface area contributed by atoms with E-state index >= 15 is 0 Å². The first kappa shape index (κ1) is 24.2. The molecular weight excluding hydrogens is 434 g/mol. The number of halogens is 1. The van der Waals surface area contributed by atoms with Gasteiger partial charge in [-0.3, -0.25) is 4.98 Å². The van der Waals surface area contributed by atoms with Gasteiger partial charge < -0.3 is 0 Å². The van der Waals surface area contributed by atoms with Gasteiger partial charge in [-0.05, 0) is 66.0 Å². The molecule has 0 N–H and O–H groups in total. The predicted octanol–water partition coefficient (Wildman–Crippen LogP) is 9.12. The van der Waals surface area contributed by atoms with Crippen molar-refractivity contribution < 1.29 is 0 Å². The van der Waals surface area contributed by atoms with Gasteiger partial charge in [0.2, 0.25) is 0 Å². The van der Waals surface area contributed by atoms with Crippen LogP contribution in [0.1, 0.15) is 56.9 Å². The van der Waals surface area contributed by atoms with E-state index in [2.05, 4.69) is 93.6 Å². The molecule has 0 saturated carbocycles. The van der Waals surface area contributed by atoms with E-state index in [1.165, 1.54) is 28.7 Å². The number of benzene rings is 2. The first-order chi connectivity index (χ1) is 16.4. The number of pyridine rings is 1. The Balaban J connectivity index is 1.37.